The molecule has 0 saturated carbocycles. The van der Waals surface area contributed by atoms with Crippen LogP contribution in [0.15, 0.2) is 78.4 Å². The fourth-order valence-corrected chi connectivity index (χ4v) is 4.57. The lowest BCUT2D eigenvalue weighted by Gasteiger charge is -2.30. The standard InChI is InChI=1S/C30H32FNO3.C2H2O4/c1-22(33)26-11-14-28(29(21-26)34-2)35-20-6-17-32-18-15-25(16-19-32)30(23-7-4-3-5-8-23)24-9-12-27(31)13-10-24;3-1(4)2(5)6/h3-5,7-14,21H,6,15-20H2,1-2H3;(H,3,4)(H,5,6). The maximum absolute atomic E-state index is 13.5. The number of piperidine rings is 1. The van der Waals surface area contributed by atoms with Crippen molar-refractivity contribution >= 4 is 23.3 Å². The van der Waals surface area contributed by atoms with E-state index >= 15 is 0 Å². The lowest BCUT2D eigenvalue weighted by atomic mass is 9.88. The average Bonchev–Trinajstić information content (AvgIpc) is 2.98. The highest BCUT2D eigenvalue weighted by molar-refractivity contribution is 6.27. The third kappa shape index (κ3) is 9.29. The number of Topliss-reactive ketones (excluding diaryl/α,β-unsaturated/α-hetero) is 1. The Morgan fingerprint density at radius 1 is 0.829 bits per heavy atom. The van der Waals surface area contributed by atoms with E-state index < -0.39 is 11.9 Å². The zero-order chi connectivity index (χ0) is 29.8. The fourth-order valence-electron chi connectivity index (χ4n) is 4.57. The van der Waals surface area contributed by atoms with E-state index in [0.717, 1.165) is 44.5 Å². The number of halogens is 1. The van der Waals surface area contributed by atoms with Crippen molar-refractivity contribution in [2.24, 2.45) is 0 Å². The minimum Gasteiger partial charge on any atom is -0.493 e. The third-order valence-corrected chi connectivity index (χ3v) is 6.64. The van der Waals surface area contributed by atoms with E-state index in [1.807, 2.05) is 18.2 Å². The molecule has 1 fully saturated rings. The van der Waals surface area contributed by atoms with Gasteiger partial charge in [0.25, 0.3) is 0 Å². The van der Waals surface area contributed by atoms with Gasteiger partial charge in [-0.25, -0.2) is 14.0 Å². The smallest absolute Gasteiger partial charge is 0.414 e. The molecule has 0 bridgehead atoms. The summed E-state index contributed by atoms with van der Waals surface area (Å²) in [6.45, 7) is 5.06. The number of nitrogens with zero attached hydrogens (tertiary/aromatic N) is 1. The Hall–Kier alpha value is -4.50. The van der Waals surface area contributed by atoms with E-state index in [1.54, 1.807) is 25.3 Å². The summed E-state index contributed by atoms with van der Waals surface area (Å²) in [6, 6.07) is 22.5. The maximum atomic E-state index is 13.5. The third-order valence-electron chi connectivity index (χ3n) is 6.64. The van der Waals surface area contributed by atoms with Crippen LogP contribution in [0.4, 0.5) is 4.39 Å². The highest BCUT2D eigenvalue weighted by Crippen LogP contribution is 2.33. The topological polar surface area (TPSA) is 113 Å². The number of likely N-dealkylation sites (tertiary alicyclic amines) is 1. The maximum Gasteiger partial charge on any atom is 0.414 e. The van der Waals surface area contributed by atoms with Crippen LogP contribution in [0.1, 0.15) is 47.7 Å². The van der Waals surface area contributed by atoms with Gasteiger partial charge in [-0.2, -0.15) is 0 Å². The molecule has 3 aromatic carbocycles. The molecule has 1 aliphatic rings. The molecule has 4 rings (SSSR count). The molecule has 0 atom stereocenters. The second kappa shape index (κ2) is 15.3. The Morgan fingerprint density at radius 2 is 1.41 bits per heavy atom. The molecule has 8 nitrogen and oxygen atoms in total. The van der Waals surface area contributed by atoms with Gasteiger partial charge in [0.15, 0.2) is 17.3 Å². The zero-order valence-electron chi connectivity index (χ0n) is 23.1. The number of rotatable bonds is 9. The molecular formula is C32H34FNO7. The van der Waals surface area contributed by atoms with Crippen LogP contribution in [0.2, 0.25) is 0 Å². The van der Waals surface area contributed by atoms with Crippen molar-refractivity contribution in [2.75, 3.05) is 33.4 Å². The van der Waals surface area contributed by atoms with Crippen molar-refractivity contribution in [3.8, 4) is 11.5 Å². The summed E-state index contributed by atoms with van der Waals surface area (Å²) in [4.78, 5) is 32.2. The van der Waals surface area contributed by atoms with E-state index in [-0.39, 0.29) is 11.6 Å². The van der Waals surface area contributed by atoms with Crippen LogP contribution in [0.3, 0.4) is 0 Å². The van der Waals surface area contributed by atoms with E-state index in [4.69, 9.17) is 29.3 Å². The number of carbonyl (C=O) groups is 3. The van der Waals surface area contributed by atoms with Gasteiger partial charge in [-0.15, -0.1) is 0 Å². The van der Waals surface area contributed by atoms with Gasteiger partial charge < -0.3 is 24.6 Å². The summed E-state index contributed by atoms with van der Waals surface area (Å²) in [6.07, 6.45) is 2.88. The van der Waals surface area contributed by atoms with E-state index in [9.17, 15) is 9.18 Å². The Labute approximate surface area is 238 Å². The fraction of sp³-hybridized carbons (Fsp3) is 0.281. The molecule has 0 aliphatic carbocycles. The molecular weight excluding hydrogens is 529 g/mol. The molecule has 2 N–H and O–H groups in total. The predicted molar refractivity (Wildman–Crippen MR) is 153 cm³/mol. The molecule has 41 heavy (non-hydrogen) atoms. The van der Waals surface area contributed by atoms with E-state index in [0.29, 0.717) is 23.7 Å². The van der Waals surface area contributed by atoms with Gasteiger partial charge >= 0.3 is 11.9 Å². The Bertz CT molecular complexity index is 1350. The predicted octanol–water partition coefficient (Wildman–Crippen LogP) is 5.56. The van der Waals surface area contributed by atoms with Crippen LogP contribution in [-0.4, -0.2) is 66.2 Å². The van der Waals surface area contributed by atoms with E-state index in [2.05, 4.69) is 29.2 Å². The van der Waals surface area contributed by atoms with Gasteiger partial charge in [-0.1, -0.05) is 48.0 Å². The van der Waals surface area contributed by atoms with Gasteiger partial charge in [0, 0.05) is 25.2 Å². The number of methoxy groups -OCH3 is 1. The number of aliphatic carboxylic acids is 2. The van der Waals surface area contributed by atoms with Crippen LogP contribution in [0, 0.1) is 5.82 Å². The number of hydrogen-bond acceptors (Lipinski definition) is 6. The molecule has 216 valence electrons. The van der Waals surface area contributed by atoms with Crippen molar-refractivity contribution < 1.29 is 38.5 Å². The normalized spacial score (nSPS) is 13.0. The molecule has 1 heterocycles. The van der Waals surface area contributed by atoms with E-state index in [1.165, 1.54) is 35.8 Å². The highest BCUT2D eigenvalue weighted by Gasteiger charge is 2.19. The SMILES string of the molecule is COc1cc(C(C)=O)ccc1OCCCN1CCC(=C(c2ccccc2)c2ccc(F)cc2)CC1.O=C(O)C(=O)O. The summed E-state index contributed by atoms with van der Waals surface area (Å²) in [5, 5.41) is 14.8. The van der Waals surface area contributed by atoms with Crippen molar-refractivity contribution in [3.63, 3.8) is 0 Å². The summed E-state index contributed by atoms with van der Waals surface area (Å²) >= 11 is 0. The first-order valence-corrected chi connectivity index (χ1v) is 13.2. The van der Waals surface area contributed by atoms with Crippen LogP contribution < -0.4 is 9.47 Å². The Kier molecular flexibility index (Phi) is 11.6. The average molecular weight is 564 g/mol. The van der Waals surface area contributed by atoms with Crippen LogP contribution in [-0.2, 0) is 9.59 Å². The second-order valence-electron chi connectivity index (χ2n) is 9.43. The number of carboxylic acid groups (broad SMARTS) is 2. The molecule has 0 spiro atoms. The first-order chi connectivity index (χ1) is 19.7. The summed E-state index contributed by atoms with van der Waals surface area (Å²) < 4.78 is 24.9. The van der Waals surface area contributed by atoms with Crippen LogP contribution in [0.25, 0.3) is 5.57 Å². The molecule has 0 amide bonds. The first kappa shape index (κ1) is 31.0. The quantitative estimate of drug-likeness (QED) is 0.198. The Balaban J connectivity index is 0.000000696. The summed E-state index contributed by atoms with van der Waals surface area (Å²) in [5.74, 6) is -2.61. The molecule has 1 aliphatic heterocycles. The number of ether oxygens (including phenoxy) is 2. The van der Waals surface area contributed by atoms with Crippen molar-refractivity contribution in [1.82, 2.24) is 4.90 Å². The van der Waals surface area contributed by atoms with Gasteiger partial charge in [0.05, 0.1) is 13.7 Å². The minimum absolute atomic E-state index is 0.00298. The number of carbonyl (C=O) groups excluding carboxylic acids is 1. The van der Waals surface area contributed by atoms with Gasteiger partial charge in [0.1, 0.15) is 5.82 Å². The zero-order valence-corrected chi connectivity index (χ0v) is 23.1. The lowest BCUT2D eigenvalue weighted by molar-refractivity contribution is -0.159. The second-order valence-corrected chi connectivity index (χ2v) is 9.43. The molecule has 0 unspecified atom stereocenters. The molecule has 0 aromatic heterocycles. The van der Waals surface area contributed by atoms with Crippen molar-refractivity contribution in [2.45, 2.75) is 26.2 Å². The molecule has 1 saturated heterocycles. The lowest BCUT2D eigenvalue weighted by Crippen LogP contribution is -2.32. The van der Waals surface area contributed by atoms with Crippen LogP contribution in [0.5, 0.6) is 11.5 Å². The summed E-state index contributed by atoms with van der Waals surface area (Å²) in [5.41, 5.74) is 5.52. The van der Waals surface area contributed by atoms with Gasteiger partial charge in [-0.05, 0) is 73.2 Å². The van der Waals surface area contributed by atoms with Crippen molar-refractivity contribution in [1.29, 1.82) is 0 Å². The van der Waals surface area contributed by atoms with Gasteiger partial charge in [-0.3, -0.25) is 4.79 Å². The molecule has 3 aromatic rings. The van der Waals surface area contributed by atoms with Crippen LogP contribution >= 0.6 is 0 Å². The number of benzene rings is 3. The molecule has 0 radical (unpaired) electrons. The highest BCUT2D eigenvalue weighted by atomic mass is 19.1. The largest absolute Gasteiger partial charge is 0.493 e. The van der Waals surface area contributed by atoms with Crippen molar-refractivity contribution in [3.05, 3.63) is 101 Å². The molecule has 9 heteroatoms. The minimum atomic E-state index is -1.82. The monoisotopic (exact) mass is 563 g/mol. The Morgan fingerprint density at radius 3 is 1.98 bits per heavy atom. The number of hydrogen-bond donors (Lipinski definition) is 2. The number of ketones is 1. The van der Waals surface area contributed by atoms with Gasteiger partial charge in [0.2, 0.25) is 0 Å². The summed E-state index contributed by atoms with van der Waals surface area (Å²) in [7, 11) is 1.58. The number of carboxylic acids is 2. The first-order valence-electron chi connectivity index (χ1n) is 13.2.